The number of hydrogen-bond donors (Lipinski definition) is 1. The lowest BCUT2D eigenvalue weighted by molar-refractivity contribution is -0.152. The molecule has 0 saturated heterocycles. The zero-order valence-corrected chi connectivity index (χ0v) is 16.7. The van der Waals surface area contributed by atoms with Crippen LogP contribution in [-0.4, -0.2) is 56.2 Å². The minimum atomic E-state index is -0.549. The van der Waals surface area contributed by atoms with E-state index in [2.05, 4.69) is 5.32 Å². The largest absolute Gasteiger partial charge is 0.465 e. The fourth-order valence-electron chi connectivity index (χ4n) is 2.58. The summed E-state index contributed by atoms with van der Waals surface area (Å²) >= 11 is 5.98. The van der Waals surface area contributed by atoms with Gasteiger partial charge in [-0.05, 0) is 38.1 Å². The Kier molecular flexibility index (Phi) is 10.4. The van der Waals surface area contributed by atoms with Crippen molar-refractivity contribution in [2.24, 2.45) is 0 Å². The summed E-state index contributed by atoms with van der Waals surface area (Å²) in [5.74, 6) is -0.566. The van der Waals surface area contributed by atoms with Gasteiger partial charge in [0.25, 0.3) is 0 Å². The van der Waals surface area contributed by atoms with Gasteiger partial charge in [-0.1, -0.05) is 18.5 Å². The summed E-state index contributed by atoms with van der Waals surface area (Å²) < 4.78 is 10.3. The number of nitriles is 1. The summed E-state index contributed by atoms with van der Waals surface area (Å²) in [4.78, 5) is 26.4. The number of amides is 1. The fourth-order valence-corrected chi connectivity index (χ4v) is 2.80. The molecular formula is C19H26ClN3O4. The van der Waals surface area contributed by atoms with E-state index in [0.717, 1.165) is 6.42 Å². The highest BCUT2D eigenvalue weighted by Crippen LogP contribution is 2.20. The van der Waals surface area contributed by atoms with Gasteiger partial charge in [0.05, 0.1) is 23.8 Å². The summed E-state index contributed by atoms with van der Waals surface area (Å²) in [5.41, 5.74) is 0.866. The zero-order chi connectivity index (χ0) is 20.2. The molecule has 0 saturated carbocycles. The van der Waals surface area contributed by atoms with Crippen LogP contribution in [0.25, 0.3) is 0 Å². The van der Waals surface area contributed by atoms with Crippen LogP contribution in [0.3, 0.4) is 0 Å². The zero-order valence-electron chi connectivity index (χ0n) is 16.0. The van der Waals surface area contributed by atoms with Gasteiger partial charge in [-0.2, -0.15) is 5.26 Å². The van der Waals surface area contributed by atoms with Gasteiger partial charge >= 0.3 is 5.97 Å². The summed E-state index contributed by atoms with van der Waals surface area (Å²) in [6, 6.07) is 6.13. The van der Waals surface area contributed by atoms with Gasteiger partial charge in [0.15, 0.2) is 0 Å². The van der Waals surface area contributed by atoms with E-state index in [4.69, 9.17) is 26.3 Å². The van der Waals surface area contributed by atoms with Gasteiger partial charge in [0.2, 0.25) is 5.91 Å². The molecule has 0 bridgehead atoms. The van der Waals surface area contributed by atoms with Crippen LogP contribution >= 0.6 is 11.6 Å². The van der Waals surface area contributed by atoms with E-state index >= 15 is 0 Å². The van der Waals surface area contributed by atoms with Crippen LogP contribution in [0.2, 0.25) is 5.02 Å². The molecule has 0 aliphatic carbocycles. The first-order valence-corrected chi connectivity index (χ1v) is 9.23. The number of methoxy groups -OCH3 is 1. The number of ether oxygens (including phenoxy) is 2. The van der Waals surface area contributed by atoms with Gasteiger partial charge in [0.1, 0.15) is 12.1 Å². The van der Waals surface area contributed by atoms with Crippen molar-refractivity contribution in [1.82, 2.24) is 4.90 Å². The molecule has 0 aliphatic heterocycles. The first-order valence-electron chi connectivity index (χ1n) is 8.85. The van der Waals surface area contributed by atoms with Crippen molar-refractivity contribution >= 4 is 29.2 Å². The van der Waals surface area contributed by atoms with E-state index < -0.39 is 6.04 Å². The first-order chi connectivity index (χ1) is 13.0. The number of carbonyl (C=O) groups is 2. The van der Waals surface area contributed by atoms with E-state index in [1.165, 1.54) is 13.2 Å². The minimum absolute atomic E-state index is 0.192. The van der Waals surface area contributed by atoms with E-state index in [0.29, 0.717) is 30.9 Å². The molecule has 1 rings (SSSR count). The molecular weight excluding hydrogens is 370 g/mol. The van der Waals surface area contributed by atoms with Crippen LogP contribution in [0, 0.1) is 11.3 Å². The molecule has 27 heavy (non-hydrogen) atoms. The molecule has 0 aliphatic rings. The number of halogens is 1. The molecule has 1 aromatic rings. The molecule has 0 aromatic heterocycles. The standard InChI is InChI=1S/C19H26ClN3O4/c1-4-9-23(17(13-26-3)19(25)27-5-2)10-8-18(24)22-15-7-6-14(12-21)16(20)11-15/h6-7,11,17H,4-5,8-10,13H2,1-3H3,(H,22,24)/t17-/m1/s1. The van der Waals surface area contributed by atoms with Gasteiger partial charge in [0, 0.05) is 25.8 Å². The van der Waals surface area contributed by atoms with Crippen LogP contribution in [0.5, 0.6) is 0 Å². The molecule has 0 unspecified atom stereocenters. The van der Waals surface area contributed by atoms with Crippen LogP contribution in [-0.2, 0) is 19.1 Å². The van der Waals surface area contributed by atoms with Crippen molar-refractivity contribution in [2.45, 2.75) is 32.7 Å². The highest BCUT2D eigenvalue weighted by atomic mass is 35.5. The third-order valence-electron chi connectivity index (χ3n) is 3.83. The minimum Gasteiger partial charge on any atom is -0.465 e. The average molecular weight is 396 g/mol. The van der Waals surface area contributed by atoms with Crippen molar-refractivity contribution in [1.29, 1.82) is 5.26 Å². The second-order valence-electron chi connectivity index (χ2n) is 5.86. The third-order valence-corrected chi connectivity index (χ3v) is 4.15. The summed E-state index contributed by atoms with van der Waals surface area (Å²) in [5, 5.41) is 11.9. The Balaban J connectivity index is 2.71. The maximum atomic E-state index is 12.3. The van der Waals surface area contributed by atoms with Crippen LogP contribution in [0.15, 0.2) is 18.2 Å². The monoisotopic (exact) mass is 395 g/mol. The SMILES string of the molecule is CCCN(CCC(=O)Nc1ccc(C#N)c(Cl)c1)[C@H](COC)C(=O)OCC. The smallest absolute Gasteiger partial charge is 0.325 e. The van der Waals surface area contributed by atoms with Gasteiger partial charge in [-0.15, -0.1) is 0 Å². The second-order valence-corrected chi connectivity index (χ2v) is 6.27. The Bertz CT molecular complexity index is 675. The molecule has 1 amide bonds. The van der Waals surface area contributed by atoms with Crippen molar-refractivity contribution in [3.63, 3.8) is 0 Å². The van der Waals surface area contributed by atoms with Crippen molar-refractivity contribution in [3.05, 3.63) is 28.8 Å². The summed E-state index contributed by atoms with van der Waals surface area (Å²) in [7, 11) is 1.53. The number of anilines is 1. The molecule has 0 heterocycles. The number of hydrogen-bond acceptors (Lipinski definition) is 6. The Labute approximate surface area is 165 Å². The van der Waals surface area contributed by atoms with E-state index in [1.54, 1.807) is 19.1 Å². The lowest BCUT2D eigenvalue weighted by Crippen LogP contribution is -2.46. The van der Waals surface area contributed by atoms with Crippen LogP contribution < -0.4 is 5.32 Å². The van der Waals surface area contributed by atoms with E-state index in [9.17, 15) is 9.59 Å². The molecule has 1 N–H and O–H groups in total. The number of carbonyl (C=O) groups excluding carboxylic acids is 2. The Morgan fingerprint density at radius 1 is 1.33 bits per heavy atom. The highest BCUT2D eigenvalue weighted by molar-refractivity contribution is 6.32. The normalized spacial score (nSPS) is 11.7. The first kappa shape index (κ1) is 22.9. The molecule has 1 atom stereocenters. The second kappa shape index (κ2) is 12.3. The maximum absolute atomic E-state index is 12.3. The molecule has 0 radical (unpaired) electrons. The maximum Gasteiger partial charge on any atom is 0.325 e. The molecule has 0 spiro atoms. The molecule has 8 heteroatoms. The quantitative estimate of drug-likeness (QED) is 0.579. The predicted molar refractivity (Wildman–Crippen MR) is 104 cm³/mol. The number of esters is 1. The van der Waals surface area contributed by atoms with E-state index in [-0.39, 0.29) is 29.9 Å². The number of rotatable bonds is 11. The average Bonchev–Trinajstić information content (AvgIpc) is 2.63. The summed E-state index contributed by atoms with van der Waals surface area (Å²) in [6.07, 6.45) is 1.02. The number of nitrogens with one attached hydrogen (secondary N) is 1. The summed E-state index contributed by atoms with van der Waals surface area (Å²) in [6.45, 7) is 5.27. The number of benzene rings is 1. The van der Waals surface area contributed by atoms with Crippen molar-refractivity contribution < 1.29 is 19.1 Å². The predicted octanol–water partition coefficient (Wildman–Crippen LogP) is 2.83. The van der Waals surface area contributed by atoms with Crippen molar-refractivity contribution in [2.75, 3.05) is 38.7 Å². The van der Waals surface area contributed by atoms with Gasteiger partial charge in [-0.3, -0.25) is 14.5 Å². The molecule has 1 aromatic carbocycles. The Morgan fingerprint density at radius 3 is 2.63 bits per heavy atom. The van der Waals surface area contributed by atoms with Crippen LogP contribution in [0.1, 0.15) is 32.3 Å². The lowest BCUT2D eigenvalue weighted by Gasteiger charge is -2.29. The third kappa shape index (κ3) is 7.55. The molecule has 0 fully saturated rings. The van der Waals surface area contributed by atoms with Gasteiger partial charge < -0.3 is 14.8 Å². The molecule has 7 nitrogen and oxygen atoms in total. The van der Waals surface area contributed by atoms with Crippen LogP contribution in [0.4, 0.5) is 5.69 Å². The van der Waals surface area contributed by atoms with Gasteiger partial charge in [-0.25, -0.2) is 0 Å². The van der Waals surface area contributed by atoms with Crippen molar-refractivity contribution in [3.8, 4) is 6.07 Å². The topological polar surface area (TPSA) is 91.7 Å². The lowest BCUT2D eigenvalue weighted by atomic mass is 10.2. The van der Waals surface area contributed by atoms with E-state index in [1.807, 2.05) is 17.9 Å². The molecule has 148 valence electrons. The Morgan fingerprint density at radius 2 is 2.07 bits per heavy atom. The fraction of sp³-hybridized carbons (Fsp3) is 0.526. The highest BCUT2D eigenvalue weighted by Gasteiger charge is 2.27. The Hall–Kier alpha value is -2.14. The number of nitrogens with zero attached hydrogens (tertiary/aromatic N) is 2.